The summed E-state index contributed by atoms with van der Waals surface area (Å²) in [5.41, 5.74) is 2.00. The number of benzene rings is 2. The highest BCUT2D eigenvalue weighted by molar-refractivity contribution is 7.99. The van der Waals surface area contributed by atoms with Crippen LogP contribution in [0.4, 0.5) is 0 Å². The molecule has 0 aliphatic carbocycles. The summed E-state index contributed by atoms with van der Waals surface area (Å²) >= 11 is 3.35. The normalized spacial score (nSPS) is 14.8. The molecule has 5 nitrogen and oxygen atoms in total. The van der Waals surface area contributed by atoms with Crippen LogP contribution in [0.25, 0.3) is 10.2 Å². The Labute approximate surface area is 185 Å². The van der Waals surface area contributed by atoms with Crippen LogP contribution < -0.4 is 9.47 Å². The van der Waals surface area contributed by atoms with Crippen molar-refractivity contribution < 1.29 is 14.3 Å². The van der Waals surface area contributed by atoms with E-state index in [0.29, 0.717) is 11.6 Å². The van der Waals surface area contributed by atoms with Gasteiger partial charge in [-0.1, -0.05) is 30.4 Å². The maximum Gasteiger partial charge on any atom is 0.274 e. The van der Waals surface area contributed by atoms with E-state index in [4.69, 9.17) is 9.47 Å². The second-order valence-corrected chi connectivity index (χ2v) is 9.60. The van der Waals surface area contributed by atoms with Crippen molar-refractivity contribution in [2.24, 2.45) is 0 Å². The maximum atomic E-state index is 12.7. The van der Waals surface area contributed by atoms with Gasteiger partial charge in [0.2, 0.25) is 5.91 Å². The summed E-state index contributed by atoms with van der Waals surface area (Å²) in [5.74, 6) is 2.07. The highest BCUT2D eigenvalue weighted by Gasteiger charge is 2.24. The number of carbonyl (C=O) groups excluding carboxylic acids is 1. The van der Waals surface area contributed by atoms with Gasteiger partial charge in [-0.15, -0.1) is 11.8 Å². The van der Waals surface area contributed by atoms with Crippen molar-refractivity contribution in [2.45, 2.75) is 37.2 Å². The maximum absolute atomic E-state index is 12.7. The molecule has 158 valence electrons. The Balaban J connectivity index is 1.28. The van der Waals surface area contributed by atoms with Crippen molar-refractivity contribution in [2.75, 3.05) is 26.0 Å². The first-order valence-electron chi connectivity index (χ1n) is 10.3. The van der Waals surface area contributed by atoms with E-state index in [-0.39, 0.29) is 12.0 Å². The fraction of sp³-hybridized carbons (Fsp3) is 0.391. The smallest absolute Gasteiger partial charge is 0.274 e. The molecule has 4 rings (SSSR count). The van der Waals surface area contributed by atoms with Crippen molar-refractivity contribution >= 4 is 39.2 Å². The summed E-state index contributed by atoms with van der Waals surface area (Å²) in [6.07, 6.45) is 2.22. The number of aromatic nitrogens is 1. The first-order valence-corrected chi connectivity index (χ1v) is 12.1. The monoisotopic (exact) mass is 442 g/mol. The third-order valence-electron chi connectivity index (χ3n) is 5.23. The molecule has 30 heavy (non-hydrogen) atoms. The minimum Gasteiger partial charge on any atom is -0.497 e. The van der Waals surface area contributed by atoms with Crippen LogP contribution in [0.15, 0.2) is 47.4 Å². The third-order valence-corrected chi connectivity index (χ3v) is 7.03. The molecule has 2 aromatic carbocycles. The Morgan fingerprint density at radius 3 is 2.67 bits per heavy atom. The van der Waals surface area contributed by atoms with Gasteiger partial charge in [-0.05, 0) is 41.6 Å². The van der Waals surface area contributed by atoms with Gasteiger partial charge in [0, 0.05) is 30.8 Å². The number of thiazole rings is 1. The van der Waals surface area contributed by atoms with Crippen LogP contribution in [0.3, 0.4) is 0 Å². The summed E-state index contributed by atoms with van der Waals surface area (Å²) in [5, 5.41) is 0.688. The average molecular weight is 443 g/mol. The zero-order valence-corrected chi connectivity index (χ0v) is 18.9. The third kappa shape index (κ3) is 5.08. The Kier molecular flexibility index (Phi) is 6.79. The highest BCUT2D eigenvalue weighted by atomic mass is 32.2. The molecule has 7 heteroatoms. The molecule has 0 saturated carbocycles. The summed E-state index contributed by atoms with van der Waals surface area (Å²) in [6.45, 7) is 3.60. The van der Waals surface area contributed by atoms with Crippen LogP contribution in [0, 0.1) is 0 Å². The van der Waals surface area contributed by atoms with Crippen molar-refractivity contribution in [3.8, 4) is 10.9 Å². The second-order valence-electron chi connectivity index (χ2n) is 7.27. The minimum absolute atomic E-state index is 0.0989. The Morgan fingerprint density at radius 1 is 1.20 bits per heavy atom. The van der Waals surface area contributed by atoms with E-state index in [1.807, 2.05) is 34.9 Å². The number of piperidine rings is 1. The highest BCUT2D eigenvalue weighted by Crippen LogP contribution is 2.32. The topological polar surface area (TPSA) is 51.7 Å². The molecule has 0 spiro atoms. The van der Waals surface area contributed by atoms with E-state index < -0.39 is 0 Å². The number of nitrogens with zero attached hydrogens (tertiary/aromatic N) is 2. The van der Waals surface area contributed by atoms with Crippen LogP contribution in [0.1, 0.15) is 25.3 Å². The lowest BCUT2D eigenvalue weighted by molar-refractivity contribution is -0.132. The van der Waals surface area contributed by atoms with E-state index in [9.17, 15) is 4.79 Å². The molecule has 0 bridgehead atoms. The molecule has 1 fully saturated rings. The van der Waals surface area contributed by atoms with E-state index >= 15 is 0 Å². The lowest BCUT2D eigenvalue weighted by Gasteiger charge is -2.31. The van der Waals surface area contributed by atoms with Gasteiger partial charge in [0.05, 0.1) is 23.7 Å². The van der Waals surface area contributed by atoms with Crippen molar-refractivity contribution in [3.05, 3.63) is 48.0 Å². The molecule has 1 aliphatic rings. The van der Waals surface area contributed by atoms with Crippen molar-refractivity contribution in [1.82, 2.24) is 9.88 Å². The quantitative estimate of drug-likeness (QED) is 0.481. The molecule has 1 saturated heterocycles. The number of hydrogen-bond donors (Lipinski definition) is 0. The largest absolute Gasteiger partial charge is 0.497 e. The lowest BCUT2D eigenvalue weighted by atomic mass is 10.1. The number of hydrogen-bond acceptors (Lipinski definition) is 6. The van der Waals surface area contributed by atoms with Crippen LogP contribution in [0.5, 0.6) is 10.9 Å². The molecule has 3 aromatic rings. The average Bonchev–Trinajstić information content (AvgIpc) is 3.17. The number of amides is 1. The summed E-state index contributed by atoms with van der Waals surface area (Å²) in [4.78, 5) is 20.5. The summed E-state index contributed by atoms with van der Waals surface area (Å²) in [6, 6.07) is 14.2. The number of rotatable bonds is 7. The molecule has 1 aromatic heterocycles. The predicted molar refractivity (Wildman–Crippen MR) is 123 cm³/mol. The summed E-state index contributed by atoms with van der Waals surface area (Å²) < 4.78 is 12.5. The molecule has 1 amide bonds. The standard InChI is InChI=1S/C23H26N2O3S2/c1-3-29-19-7-4-16(5-8-19)14-22(26)25-12-10-17(11-13-25)28-23-24-20-9-6-18(27-2)15-21(20)30-23/h4-9,15,17H,3,10-14H2,1-2H3. The first-order chi connectivity index (χ1) is 14.6. The second kappa shape index (κ2) is 9.71. The van der Waals surface area contributed by atoms with Crippen LogP contribution in [0.2, 0.25) is 0 Å². The molecule has 1 aliphatic heterocycles. The van der Waals surface area contributed by atoms with Gasteiger partial charge in [0.25, 0.3) is 5.19 Å². The van der Waals surface area contributed by atoms with E-state index in [2.05, 4.69) is 36.2 Å². The molecule has 0 N–H and O–H groups in total. The van der Waals surface area contributed by atoms with Crippen molar-refractivity contribution in [1.29, 1.82) is 0 Å². The molecule has 2 heterocycles. The number of likely N-dealkylation sites (tertiary alicyclic amines) is 1. The van der Waals surface area contributed by atoms with Gasteiger partial charge >= 0.3 is 0 Å². The van der Waals surface area contributed by atoms with E-state index in [1.54, 1.807) is 7.11 Å². The van der Waals surface area contributed by atoms with E-state index in [1.165, 1.54) is 16.2 Å². The predicted octanol–water partition coefficient (Wildman–Crippen LogP) is 5.03. The fourth-order valence-corrected chi connectivity index (χ4v) is 5.15. The Bertz CT molecular complexity index is 995. The molecule has 0 unspecified atom stereocenters. The van der Waals surface area contributed by atoms with Crippen LogP contribution in [-0.4, -0.2) is 47.8 Å². The number of methoxy groups -OCH3 is 1. The van der Waals surface area contributed by atoms with Gasteiger partial charge in [-0.2, -0.15) is 0 Å². The molecular weight excluding hydrogens is 416 g/mol. The number of fused-ring (bicyclic) bond motifs is 1. The summed E-state index contributed by atoms with van der Waals surface area (Å²) in [7, 11) is 1.66. The SMILES string of the molecule is CCSc1ccc(CC(=O)N2CCC(Oc3nc4ccc(OC)cc4s3)CC2)cc1. The zero-order chi connectivity index (χ0) is 20.9. The molecule has 0 atom stereocenters. The van der Waals surface area contributed by atoms with E-state index in [0.717, 1.165) is 53.2 Å². The minimum atomic E-state index is 0.0989. The van der Waals surface area contributed by atoms with Gasteiger partial charge in [0.1, 0.15) is 11.9 Å². The Morgan fingerprint density at radius 2 is 1.97 bits per heavy atom. The van der Waals surface area contributed by atoms with Gasteiger partial charge < -0.3 is 14.4 Å². The number of ether oxygens (including phenoxy) is 2. The zero-order valence-electron chi connectivity index (χ0n) is 17.3. The molecule has 0 radical (unpaired) electrons. The Hall–Kier alpha value is -2.25. The lowest BCUT2D eigenvalue weighted by Crippen LogP contribution is -2.42. The fourth-order valence-electron chi connectivity index (χ4n) is 3.58. The molecular formula is C23H26N2O3S2. The van der Waals surface area contributed by atoms with Crippen LogP contribution in [-0.2, 0) is 11.2 Å². The van der Waals surface area contributed by atoms with Crippen molar-refractivity contribution in [3.63, 3.8) is 0 Å². The van der Waals surface area contributed by atoms with Crippen LogP contribution >= 0.6 is 23.1 Å². The van der Waals surface area contributed by atoms with Gasteiger partial charge in [0.15, 0.2) is 0 Å². The number of carbonyl (C=O) groups is 1. The van der Waals surface area contributed by atoms with Gasteiger partial charge in [-0.3, -0.25) is 4.79 Å². The van der Waals surface area contributed by atoms with Gasteiger partial charge in [-0.25, -0.2) is 4.98 Å². The first kappa shape index (κ1) is 21.0. The number of thioether (sulfide) groups is 1.